The van der Waals surface area contributed by atoms with Gasteiger partial charge in [-0.15, -0.1) is 0 Å². The number of benzene rings is 2. The third-order valence-corrected chi connectivity index (χ3v) is 6.82. The van der Waals surface area contributed by atoms with Crippen LogP contribution in [0.3, 0.4) is 0 Å². The van der Waals surface area contributed by atoms with Crippen molar-refractivity contribution in [3.8, 4) is 11.1 Å². The van der Waals surface area contributed by atoms with Gasteiger partial charge in [0.1, 0.15) is 5.60 Å². The molecular formula is C26H29N3O4. The number of piperazine rings is 1. The van der Waals surface area contributed by atoms with Crippen molar-refractivity contribution in [1.82, 2.24) is 9.80 Å². The summed E-state index contributed by atoms with van der Waals surface area (Å²) in [6.45, 7) is 3.35. The zero-order valence-electron chi connectivity index (χ0n) is 18.8. The molecule has 3 aliphatic rings. The third-order valence-electron chi connectivity index (χ3n) is 6.82. The van der Waals surface area contributed by atoms with Crippen molar-refractivity contribution in [3.63, 3.8) is 0 Å². The van der Waals surface area contributed by atoms with Crippen LogP contribution in [0.1, 0.15) is 54.4 Å². The van der Waals surface area contributed by atoms with Crippen molar-refractivity contribution < 1.29 is 19.5 Å². The molecule has 5 rings (SSSR count). The van der Waals surface area contributed by atoms with Gasteiger partial charge < -0.3 is 20.2 Å². The monoisotopic (exact) mass is 447 g/mol. The van der Waals surface area contributed by atoms with E-state index < -0.39 is 5.60 Å². The summed E-state index contributed by atoms with van der Waals surface area (Å²) < 4.78 is 0. The molecule has 0 aromatic heterocycles. The molecule has 172 valence electrons. The first-order valence-electron chi connectivity index (χ1n) is 11.7. The van der Waals surface area contributed by atoms with Crippen LogP contribution >= 0.6 is 0 Å². The Balaban J connectivity index is 1.29. The summed E-state index contributed by atoms with van der Waals surface area (Å²) in [5, 5.41) is 13.0. The number of hydrogen-bond acceptors (Lipinski definition) is 4. The highest BCUT2D eigenvalue weighted by atomic mass is 16.3. The Hall–Kier alpha value is -3.19. The lowest BCUT2D eigenvalue weighted by Gasteiger charge is -2.35. The Bertz CT molecular complexity index is 1100. The van der Waals surface area contributed by atoms with Crippen LogP contribution in [0.15, 0.2) is 42.5 Å². The highest BCUT2D eigenvalue weighted by Gasteiger charge is 2.50. The summed E-state index contributed by atoms with van der Waals surface area (Å²) in [7, 11) is 0. The lowest BCUT2D eigenvalue weighted by atomic mass is 9.94. The van der Waals surface area contributed by atoms with E-state index in [4.69, 9.17) is 0 Å². The zero-order chi connectivity index (χ0) is 23.2. The normalized spacial score (nSPS) is 19.2. The van der Waals surface area contributed by atoms with Gasteiger partial charge in [-0.25, -0.2) is 0 Å². The number of anilines is 1. The summed E-state index contributed by atoms with van der Waals surface area (Å²) in [5.41, 5.74) is 3.61. The van der Waals surface area contributed by atoms with Crippen molar-refractivity contribution in [2.24, 2.45) is 0 Å². The molecule has 33 heavy (non-hydrogen) atoms. The highest BCUT2D eigenvalue weighted by molar-refractivity contribution is 5.96. The molecule has 0 spiro atoms. The van der Waals surface area contributed by atoms with Gasteiger partial charge in [0, 0.05) is 44.4 Å². The van der Waals surface area contributed by atoms with Gasteiger partial charge in [-0.1, -0.05) is 24.3 Å². The molecule has 0 atom stereocenters. The van der Waals surface area contributed by atoms with Crippen LogP contribution in [-0.4, -0.2) is 64.4 Å². The van der Waals surface area contributed by atoms with Crippen LogP contribution in [0.2, 0.25) is 0 Å². The summed E-state index contributed by atoms with van der Waals surface area (Å²) in [6, 6.07) is 13.6. The molecule has 1 saturated heterocycles. The molecule has 1 heterocycles. The smallest absolute Gasteiger partial charge is 0.254 e. The van der Waals surface area contributed by atoms with Gasteiger partial charge in [0.25, 0.3) is 11.8 Å². The molecule has 1 aliphatic heterocycles. The van der Waals surface area contributed by atoms with E-state index in [9.17, 15) is 19.5 Å². The summed E-state index contributed by atoms with van der Waals surface area (Å²) in [4.78, 5) is 40.4. The lowest BCUT2D eigenvalue weighted by molar-refractivity contribution is -0.143. The van der Waals surface area contributed by atoms with Gasteiger partial charge in [0.05, 0.1) is 0 Å². The van der Waals surface area contributed by atoms with E-state index in [1.54, 1.807) is 9.80 Å². The maximum absolute atomic E-state index is 13.0. The maximum Gasteiger partial charge on any atom is 0.254 e. The predicted molar refractivity (Wildman–Crippen MR) is 125 cm³/mol. The van der Waals surface area contributed by atoms with E-state index in [2.05, 4.69) is 11.4 Å². The zero-order valence-corrected chi connectivity index (χ0v) is 18.8. The molecule has 3 fully saturated rings. The summed E-state index contributed by atoms with van der Waals surface area (Å²) in [6.07, 6.45) is 3.30. The number of aliphatic hydroxyl groups is 1. The average Bonchev–Trinajstić information content (AvgIpc) is 3.75. The average molecular weight is 448 g/mol. The fourth-order valence-electron chi connectivity index (χ4n) is 4.64. The minimum Gasteiger partial charge on any atom is -0.380 e. The Morgan fingerprint density at radius 1 is 0.939 bits per heavy atom. The summed E-state index contributed by atoms with van der Waals surface area (Å²) in [5.74, 6) is 0.125. The molecule has 0 radical (unpaired) electrons. The third kappa shape index (κ3) is 4.37. The standard InChI is InChI=1S/C26H29N3O4/c1-17(30)27-22-4-2-3-21(23(22)19-7-8-19)18-5-9-20(10-6-18)24(31)28-13-15-29(16-14-28)25(32)26(33)11-12-26/h2-6,9-10,19,33H,7-8,11-16H2,1H3,(H,27,30). The second-order valence-electron chi connectivity index (χ2n) is 9.42. The van der Waals surface area contributed by atoms with E-state index >= 15 is 0 Å². The van der Waals surface area contributed by atoms with Crippen LogP contribution in [-0.2, 0) is 9.59 Å². The number of nitrogens with zero attached hydrogens (tertiary/aromatic N) is 2. The first kappa shape index (κ1) is 21.6. The quantitative estimate of drug-likeness (QED) is 0.737. The number of nitrogens with one attached hydrogen (secondary N) is 1. The van der Waals surface area contributed by atoms with E-state index in [-0.39, 0.29) is 17.7 Å². The first-order chi connectivity index (χ1) is 15.9. The molecule has 2 aromatic rings. The van der Waals surface area contributed by atoms with Crippen molar-refractivity contribution in [2.75, 3.05) is 31.5 Å². The Kier molecular flexibility index (Phi) is 5.44. The fraction of sp³-hybridized carbons (Fsp3) is 0.423. The van der Waals surface area contributed by atoms with Crippen LogP contribution in [0.4, 0.5) is 5.69 Å². The van der Waals surface area contributed by atoms with Crippen LogP contribution < -0.4 is 5.32 Å². The van der Waals surface area contributed by atoms with Crippen LogP contribution in [0.25, 0.3) is 11.1 Å². The topological polar surface area (TPSA) is 90.0 Å². The molecule has 3 amide bonds. The molecule has 0 bridgehead atoms. The van der Waals surface area contributed by atoms with Crippen molar-refractivity contribution >= 4 is 23.4 Å². The van der Waals surface area contributed by atoms with Crippen molar-refractivity contribution in [1.29, 1.82) is 0 Å². The predicted octanol–water partition coefficient (Wildman–Crippen LogP) is 3.00. The Morgan fingerprint density at radius 3 is 2.15 bits per heavy atom. The molecule has 2 saturated carbocycles. The van der Waals surface area contributed by atoms with Crippen molar-refractivity contribution in [3.05, 3.63) is 53.6 Å². The second kappa shape index (κ2) is 8.30. The number of amides is 3. The SMILES string of the molecule is CC(=O)Nc1cccc(-c2ccc(C(=O)N3CCN(C(=O)C4(O)CC4)CC3)cc2)c1C1CC1. The van der Waals surface area contributed by atoms with Crippen LogP contribution in [0, 0.1) is 0 Å². The van der Waals surface area contributed by atoms with Gasteiger partial charge in [-0.2, -0.15) is 0 Å². The lowest BCUT2D eigenvalue weighted by Crippen LogP contribution is -2.53. The van der Waals surface area contributed by atoms with Gasteiger partial charge in [0.15, 0.2) is 0 Å². The largest absolute Gasteiger partial charge is 0.380 e. The van der Waals surface area contributed by atoms with Crippen LogP contribution in [0.5, 0.6) is 0 Å². The maximum atomic E-state index is 13.0. The number of carbonyl (C=O) groups is 3. The molecule has 2 aromatic carbocycles. The molecule has 7 nitrogen and oxygen atoms in total. The van der Waals surface area contributed by atoms with Crippen molar-refractivity contribution in [2.45, 2.75) is 44.1 Å². The highest BCUT2D eigenvalue weighted by Crippen LogP contribution is 2.48. The van der Waals surface area contributed by atoms with Gasteiger partial charge in [-0.3, -0.25) is 14.4 Å². The summed E-state index contributed by atoms with van der Waals surface area (Å²) >= 11 is 0. The number of hydrogen-bond donors (Lipinski definition) is 2. The molecule has 2 N–H and O–H groups in total. The number of rotatable bonds is 5. The second-order valence-corrected chi connectivity index (χ2v) is 9.42. The molecule has 2 aliphatic carbocycles. The van der Waals surface area contributed by atoms with E-state index in [0.29, 0.717) is 50.5 Å². The Labute approximate surface area is 193 Å². The van der Waals surface area contributed by atoms with E-state index in [1.807, 2.05) is 36.4 Å². The molecular weight excluding hydrogens is 418 g/mol. The van der Waals surface area contributed by atoms with E-state index in [0.717, 1.165) is 29.7 Å². The molecule has 7 heteroatoms. The first-order valence-corrected chi connectivity index (χ1v) is 11.7. The minimum absolute atomic E-state index is 0.0480. The Morgan fingerprint density at radius 2 is 1.58 bits per heavy atom. The fourth-order valence-corrected chi connectivity index (χ4v) is 4.64. The van der Waals surface area contributed by atoms with Gasteiger partial charge in [-0.05, 0) is 66.5 Å². The molecule has 0 unspecified atom stereocenters. The van der Waals surface area contributed by atoms with Gasteiger partial charge >= 0.3 is 0 Å². The van der Waals surface area contributed by atoms with Gasteiger partial charge in [0.2, 0.25) is 5.91 Å². The minimum atomic E-state index is -1.15. The number of carbonyl (C=O) groups excluding carboxylic acids is 3. The van der Waals surface area contributed by atoms with E-state index in [1.165, 1.54) is 12.5 Å².